The van der Waals surface area contributed by atoms with E-state index in [-0.39, 0.29) is 30.3 Å². The van der Waals surface area contributed by atoms with Crippen molar-refractivity contribution in [2.24, 2.45) is 5.92 Å². The maximum Gasteiger partial charge on any atom is 0.229 e. The zero-order chi connectivity index (χ0) is 18.7. The van der Waals surface area contributed by atoms with E-state index in [9.17, 15) is 19.5 Å². The molecule has 0 saturated carbocycles. The van der Waals surface area contributed by atoms with Crippen LogP contribution < -0.4 is 20.1 Å². The van der Waals surface area contributed by atoms with Gasteiger partial charge in [0, 0.05) is 18.7 Å². The summed E-state index contributed by atoms with van der Waals surface area (Å²) >= 11 is 0. The Hall–Kier alpha value is -3.35. The molecule has 1 atom stereocenters. The molecule has 0 unspecified atom stereocenters. The molecule has 1 aliphatic rings. The topological polar surface area (TPSA) is 98.8 Å². The van der Waals surface area contributed by atoms with Crippen LogP contribution in [0.3, 0.4) is 0 Å². The summed E-state index contributed by atoms with van der Waals surface area (Å²) in [5.74, 6) is -1.66. The van der Waals surface area contributed by atoms with Crippen LogP contribution in [0.4, 0.5) is 11.4 Å². The number of aromatic carboxylic acids is 1. The number of nitrogens with zero attached hydrogens (tertiary/aromatic N) is 1. The first-order chi connectivity index (χ1) is 12.5. The number of hydrogen-bond acceptors (Lipinski definition) is 5. The fourth-order valence-electron chi connectivity index (χ4n) is 2.90. The Morgan fingerprint density at radius 3 is 2.50 bits per heavy atom. The van der Waals surface area contributed by atoms with E-state index in [2.05, 4.69) is 5.32 Å². The predicted octanol–water partition coefficient (Wildman–Crippen LogP) is 1.05. The number of amides is 2. The Bertz CT molecular complexity index is 847. The molecular weight excluding hydrogens is 336 g/mol. The number of nitrogens with one attached hydrogen (secondary N) is 1. The van der Waals surface area contributed by atoms with Gasteiger partial charge in [0.05, 0.1) is 24.7 Å². The average Bonchev–Trinajstić information content (AvgIpc) is 3.04. The lowest BCUT2D eigenvalue weighted by atomic mass is 10.1. The highest BCUT2D eigenvalue weighted by atomic mass is 16.5. The third-order valence-electron chi connectivity index (χ3n) is 4.26. The molecule has 1 fully saturated rings. The van der Waals surface area contributed by atoms with E-state index in [0.29, 0.717) is 17.1 Å². The van der Waals surface area contributed by atoms with E-state index >= 15 is 0 Å². The number of anilines is 2. The number of methoxy groups -OCH3 is 1. The van der Waals surface area contributed by atoms with Crippen LogP contribution in [-0.2, 0) is 9.59 Å². The zero-order valence-electron chi connectivity index (χ0n) is 14.1. The SMILES string of the molecule is COc1ccccc1N1C[C@H](C(=O)Nc2ccc(C(=O)[O-])cc2)CC1=O. The van der Waals surface area contributed by atoms with Crippen LogP contribution in [0, 0.1) is 5.92 Å². The molecule has 7 nitrogen and oxygen atoms in total. The number of para-hydroxylation sites is 2. The molecule has 26 heavy (non-hydrogen) atoms. The first-order valence-corrected chi connectivity index (χ1v) is 8.05. The van der Waals surface area contributed by atoms with Gasteiger partial charge in [-0.15, -0.1) is 0 Å². The molecule has 2 amide bonds. The van der Waals surface area contributed by atoms with Crippen molar-refractivity contribution in [2.45, 2.75) is 6.42 Å². The molecule has 0 bridgehead atoms. The average molecular weight is 353 g/mol. The van der Waals surface area contributed by atoms with Crippen LogP contribution in [0.1, 0.15) is 16.8 Å². The maximum absolute atomic E-state index is 12.5. The lowest BCUT2D eigenvalue weighted by Crippen LogP contribution is -2.28. The number of carbonyl (C=O) groups excluding carboxylic acids is 3. The normalized spacial score (nSPS) is 16.4. The summed E-state index contributed by atoms with van der Waals surface area (Å²) in [4.78, 5) is 37.1. The summed E-state index contributed by atoms with van der Waals surface area (Å²) in [5, 5.41) is 13.5. The van der Waals surface area contributed by atoms with Crippen molar-refractivity contribution < 1.29 is 24.2 Å². The molecule has 2 aromatic carbocycles. The molecule has 1 aliphatic heterocycles. The number of benzene rings is 2. The minimum Gasteiger partial charge on any atom is -0.545 e. The lowest BCUT2D eigenvalue weighted by molar-refractivity contribution is -0.255. The molecule has 0 aromatic heterocycles. The van der Waals surface area contributed by atoms with Crippen LogP contribution in [0.15, 0.2) is 48.5 Å². The van der Waals surface area contributed by atoms with Crippen LogP contribution in [0.25, 0.3) is 0 Å². The van der Waals surface area contributed by atoms with Gasteiger partial charge in [-0.25, -0.2) is 0 Å². The minimum absolute atomic E-state index is 0.0291. The third-order valence-corrected chi connectivity index (χ3v) is 4.26. The molecular formula is C19H17N2O5-. The molecule has 1 saturated heterocycles. The fourth-order valence-corrected chi connectivity index (χ4v) is 2.90. The van der Waals surface area contributed by atoms with Crippen molar-refractivity contribution in [3.8, 4) is 5.75 Å². The van der Waals surface area contributed by atoms with Crippen molar-refractivity contribution in [1.29, 1.82) is 0 Å². The van der Waals surface area contributed by atoms with E-state index in [0.717, 1.165) is 0 Å². The van der Waals surface area contributed by atoms with Crippen LogP contribution in [0.5, 0.6) is 5.75 Å². The molecule has 0 radical (unpaired) electrons. The van der Waals surface area contributed by atoms with Gasteiger partial charge in [0.25, 0.3) is 0 Å². The van der Waals surface area contributed by atoms with Crippen molar-refractivity contribution >= 4 is 29.2 Å². The number of ether oxygens (including phenoxy) is 1. The number of carboxylic acids is 1. The predicted molar refractivity (Wildman–Crippen MR) is 92.9 cm³/mol. The first kappa shape index (κ1) is 17.5. The monoisotopic (exact) mass is 353 g/mol. The Morgan fingerprint density at radius 1 is 1.15 bits per heavy atom. The van der Waals surface area contributed by atoms with Gasteiger partial charge in [0.2, 0.25) is 11.8 Å². The third kappa shape index (κ3) is 3.51. The van der Waals surface area contributed by atoms with E-state index in [1.165, 1.54) is 31.4 Å². The summed E-state index contributed by atoms with van der Waals surface area (Å²) in [6, 6.07) is 12.8. The van der Waals surface area contributed by atoms with E-state index in [1.807, 2.05) is 6.07 Å². The van der Waals surface area contributed by atoms with Gasteiger partial charge in [-0.05, 0) is 29.8 Å². The second-order valence-corrected chi connectivity index (χ2v) is 5.93. The zero-order valence-corrected chi connectivity index (χ0v) is 14.1. The summed E-state index contributed by atoms with van der Waals surface area (Å²) in [6.45, 7) is 0.252. The quantitative estimate of drug-likeness (QED) is 0.866. The molecule has 0 spiro atoms. The molecule has 1 N–H and O–H groups in total. The maximum atomic E-state index is 12.5. The highest BCUT2D eigenvalue weighted by Crippen LogP contribution is 2.33. The fraction of sp³-hybridized carbons (Fsp3) is 0.211. The van der Waals surface area contributed by atoms with Gasteiger partial charge in [0.15, 0.2) is 0 Å². The number of carbonyl (C=O) groups is 3. The van der Waals surface area contributed by atoms with Crippen molar-refractivity contribution in [2.75, 3.05) is 23.9 Å². The number of rotatable bonds is 5. The largest absolute Gasteiger partial charge is 0.545 e. The van der Waals surface area contributed by atoms with Gasteiger partial charge in [-0.2, -0.15) is 0 Å². The van der Waals surface area contributed by atoms with Gasteiger partial charge in [0.1, 0.15) is 5.75 Å². The smallest absolute Gasteiger partial charge is 0.229 e. The molecule has 7 heteroatoms. The lowest BCUT2D eigenvalue weighted by Gasteiger charge is -2.19. The summed E-state index contributed by atoms with van der Waals surface area (Å²) in [5.41, 5.74) is 1.12. The van der Waals surface area contributed by atoms with Crippen molar-refractivity contribution in [1.82, 2.24) is 0 Å². The summed E-state index contributed by atoms with van der Waals surface area (Å²) in [6.07, 6.45) is 0.0982. The Labute approximate surface area is 150 Å². The molecule has 3 rings (SSSR count). The molecule has 0 aliphatic carbocycles. The van der Waals surface area contributed by atoms with E-state index < -0.39 is 11.9 Å². The molecule has 1 heterocycles. The van der Waals surface area contributed by atoms with E-state index in [1.54, 1.807) is 23.1 Å². The van der Waals surface area contributed by atoms with Crippen LogP contribution in [-0.4, -0.2) is 31.4 Å². The van der Waals surface area contributed by atoms with Gasteiger partial charge >= 0.3 is 0 Å². The van der Waals surface area contributed by atoms with Gasteiger partial charge in [-0.1, -0.05) is 24.3 Å². The highest BCUT2D eigenvalue weighted by Gasteiger charge is 2.36. The Morgan fingerprint density at radius 2 is 1.85 bits per heavy atom. The van der Waals surface area contributed by atoms with E-state index in [4.69, 9.17) is 4.74 Å². The summed E-state index contributed by atoms with van der Waals surface area (Å²) < 4.78 is 5.28. The minimum atomic E-state index is -1.28. The first-order valence-electron chi connectivity index (χ1n) is 8.05. The van der Waals surface area contributed by atoms with Crippen LogP contribution in [0.2, 0.25) is 0 Å². The number of carboxylic acid groups (broad SMARTS) is 1. The standard InChI is InChI=1S/C19H18N2O5/c1-26-16-5-3-2-4-15(16)21-11-13(10-17(21)22)18(23)20-14-8-6-12(7-9-14)19(24)25/h2-9,13H,10-11H2,1H3,(H,20,23)(H,24,25)/p-1/t13-/m1/s1. The van der Waals surface area contributed by atoms with Crippen LogP contribution >= 0.6 is 0 Å². The second-order valence-electron chi connectivity index (χ2n) is 5.93. The highest BCUT2D eigenvalue weighted by molar-refractivity contribution is 6.04. The Kier molecular flexibility index (Phi) is 4.88. The molecule has 134 valence electrons. The Balaban J connectivity index is 1.70. The van der Waals surface area contributed by atoms with Gasteiger partial charge < -0.3 is 24.9 Å². The molecule has 2 aromatic rings. The number of hydrogen-bond donors (Lipinski definition) is 1. The summed E-state index contributed by atoms with van der Waals surface area (Å²) in [7, 11) is 1.53. The van der Waals surface area contributed by atoms with Crippen molar-refractivity contribution in [3.63, 3.8) is 0 Å². The van der Waals surface area contributed by atoms with Crippen molar-refractivity contribution in [3.05, 3.63) is 54.1 Å². The van der Waals surface area contributed by atoms with Gasteiger partial charge in [-0.3, -0.25) is 9.59 Å². The second kappa shape index (κ2) is 7.26.